The number of rotatable bonds is 1. The molecule has 0 radical (unpaired) electrons. The molecule has 1 rings (SSSR count). The minimum absolute atomic E-state index is 0.00120. The lowest BCUT2D eigenvalue weighted by atomic mass is 9.92. The number of piperidine rings is 1. The molecular formula is C8H13N3O. The quantitative estimate of drug-likeness (QED) is 0.583. The molecule has 4 nitrogen and oxygen atoms in total. The molecule has 1 heterocycles. The van der Waals surface area contributed by atoms with E-state index >= 15 is 0 Å². The summed E-state index contributed by atoms with van der Waals surface area (Å²) in [6.45, 7) is 0.784. The van der Waals surface area contributed by atoms with E-state index in [4.69, 9.17) is 11.0 Å². The van der Waals surface area contributed by atoms with Crippen LogP contribution in [0.15, 0.2) is 0 Å². The van der Waals surface area contributed by atoms with Crippen LogP contribution in [-0.2, 0) is 4.79 Å². The van der Waals surface area contributed by atoms with Crippen molar-refractivity contribution >= 4 is 5.91 Å². The van der Waals surface area contributed by atoms with Crippen LogP contribution >= 0.6 is 0 Å². The molecule has 2 N–H and O–H groups in total. The van der Waals surface area contributed by atoms with Crippen molar-refractivity contribution in [2.45, 2.75) is 18.9 Å². The van der Waals surface area contributed by atoms with E-state index in [1.165, 1.54) is 0 Å². The summed E-state index contributed by atoms with van der Waals surface area (Å²) >= 11 is 0. The van der Waals surface area contributed by atoms with Gasteiger partial charge in [-0.2, -0.15) is 5.26 Å². The van der Waals surface area contributed by atoms with Gasteiger partial charge in [0.1, 0.15) is 0 Å². The van der Waals surface area contributed by atoms with Gasteiger partial charge in [-0.05, 0) is 26.4 Å². The Morgan fingerprint density at radius 1 is 1.75 bits per heavy atom. The highest BCUT2D eigenvalue weighted by Crippen LogP contribution is 2.20. The molecule has 0 aliphatic carbocycles. The summed E-state index contributed by atoms with van der Waals surface area (Å²) in [6, 6.07) is 1.93. The zero-order chi connectivity index (χ0) is 9.14. The maximum Gasteiger partial charge on any atom is 0.234 e. The van der Waals surface area contributed by atoms with Gasteiger partial charge in [0.2, 0.25) is 5.91 Å². The molecule has 12 heavy (non-hydrogen) atoms. The Kier molecular flexibility index (Phi) is 2.66. The summed E-state index contributed by atoms with van der Waals surface area (Å²) in [4.78, 5) is 12.8. The van der Waals surface area contributed by atoms with Gasteiger partial charge < -0.3 is 5.73 Å². The molecule has 0 bridgehead atoms. The number of primary amides is 1. The van der Waals surface area contributed by atoms with Crippen molar-refractivity contribution in [1.29, 1.82) is 5.26 Å². The fourth-order valence-electron chi connectivity index (χ4n) is 1.53. The van der Waals surface area contributed by atoms with Crippen LogP contribution in [0, 0.1) is 17.2 Å². The first-order valence-corrected chi connectivity index (χ1v) is 4.04. The number of likely N-dealkylation sites (tertiary alicyclic amines) is 1. The lowest BCUT2D eigenvalue weighted by molar-refractivity contribution is -0.124. The van der Waals surface area contributed by atoms with E-state index in [9.17, 15) is 4.79 Å². The third kappa shape index (κ3) is 1.74. The number of nitriles is 1. The van der Waals surface area contributed by atoms with Gasteiger partial charge in [-0.3, -0.25) is 9.69 Å². The second kappa shape index (κ2) is 3.55. The largest absolute Gasteiger partial charge is 0.368 e. The van der Waals surface area contributed by atoms with Crippen molar-refractivity contribution in [1.82, 2.24) is 4.90 Å². The van der Waals surface area contributed by atoms with Crippen LogP contribution < -0.4 is 5.73 Å². The zero-order valence-electron chi connectivity index (χ0n) is 7.16. The van der Waals surface area contributed by atoms with Crippen molar-refractivity contribution < 1.29 is 4.79 Å². The molecular weight excluding hydrogens is 154 g/mol. The second-order valence-corrected chi connectivity index (χ2v) is 3.25. The van der Waals surface area contributed by atoms with E-state index in [1.54, 1.807) is 0 Å². The van der Waals surface area contributed by atoms with Crippen molar-refractivity contribution in [3.8, 4) is 6.07 Å². The number of hydrogen-bond acceptors (Lipinski definition) is 3. The lowest BCUT2D eigenvalue weighted by Crippen LogP contribution is -2.47. The molecule has 0 spiro atoms. The molecule has 66 valence electrons. The van der Waals surface area contributed by atoms with Gasteiger partial charge in [0.25, 0.3) is 0 Å². The van der Waals surface area contributed by atoms with E-state index in [2.05, 4.69) is 6.07 Å². The average molecular weight is 167 g/mol. The fourth-order valence-corrected chi connectivity index (χ4v) is 1.53. The standard InChI is InChI=1S/C8H13N3O/c1-11-3-2-6(5-9)4-7(11)8(10)12/h6-7H,2-4H2,1H3,(H2,10,12). The molecule has 1 aliphatic rings. The molecule has 2 unspecified atom stereocenters. The minimum atomic E-state index is -0.322. The third-order valence-electron chi connectivity index (χ3n) is 2.38. The van der Waals surface area contributed by atoms with Gasteiger partial charge in [-0.1, -0.05) is 0 Å². The van der Waals surface area contributed by atoms with Gasteiger partial charge in [-0.15, -0.1) is 0 Å². The van der Waals surface area contributed by atoms with E-state index in [1.807, 2.05) is 11.9 Å². The second-order valence-electron chi connectivity index (χ2n) is 3.25. The van der Waals surface area contributed by atoms with Crippen LogP contribution in [0.3, 0.4) is 0 Å². The Balaban J connectivity index is 2.60. The predicted molar refractivity (Wildman–Crippen MR) is 43.9 cm³/mol. The van der Waals surface area contributed by atoms with E-state index < -0.39 is 0 Å². The van der Waals surface area contributed by atoms with Crippen LogP contribution in [0.2, 0.25) is 0 Å². The van der Waals surface area contributed by atoms with Crippen molar-refractivity contribution in [3.05, 3.63) is 0 Å². The first-order chi connectivity index (χ1) is 5.65. The minimum Gasteiger partial charge on any atom is -0.368 e. The van der Waals surface area contributed by atoms with Gasteiger partial charge in [0, 0.05) is 5.92 Å². The Morgan fingerprint density at radius 3 is 2.92 bits per heavy atom. The molecule has 2 atom stereocenters. The van der Waals surface area contributed by atoms with Gasteiger partial charge >= 0.3 is 0 Å². The monoisotopic (exact) mass is 167 g/mol. The molecule has 1 amide bonds. The smallest absolute Gasteiger partial charge is 0.234 e. The maximum absolute atomic E-state index is 10.9. The molecule has 4 heteroatoms. The Bertz CT molecular complexity index is 221. The number of hydrogen-bond donors (Lipinski definition) is 1. The number of nitrogens with two attached hydrogens (primary N) is 1. The SMILES string of the molecule is CN1CCC(C#N)CC1C(N)=O. The van der Waals surface area contributed by atoms with Crippen LogP contribution in [0.25, 0.3) is 0 Å². The normalized spacial score (nSPS) is 31.0. The van der Waals surface area contributed by atoms with Gasteiger partial charge in [0.05, 0.1) is 12.1 Å². The Hall–Kier alpha value is -1.08. The van der Waals surface area contributed by atoms with E-state index in [-0.39, 0.29) is 17.9 Å². The lowest BCUT2D eigenvalue weighted by Gasteiger charge is -2.32. The Morgan fingerprint density at radius 2 is 2.42 bits per heavy atom. The van der Waals surface area contributed by atoms with Crippen molar-refractivity contribution in [2.24, 2.45) is 11.7 Å². The van der Waals surface area contributed by atoms with Crippen LogP contribution in [0.4, 0.5) is 0 Å². The summed E-state index contributed by atoms with van der Waals surface area (Å²) < 4.78 is 0. The topological polar surface area (TPSA) is 70.1 Å². The predicted octanol–water partition coefficient (Wildman–Crippen LogP) is -0.294. The summed E-state index contributed by atoms with van der Waals surface area (Å²) in [7, 11) is 1.86. The van der Waals surface area contributed by atoms with Gasteiger partial charge in [0.15, 0.2) is 0 Å². The van der Waals surface area contributed by atoms with Crippen LogP contribution in [0.5, 0.6) is 0 Å². The summed E-state index contributed by atoms with van der Waals surface area (Å²) in [6.07, 6.45) is 1.43. The number of carbonyl (C=O) groups is 1. The van der Waals surface area contributed by atoms with E-state index in [0.29, 0.717) is 6.42 Å². The zero-order valence-corrected chi connectivity index (χ0v) is 7.16. The summed E-state index contributed by atoms with van der Waals surface area (Å²) in [5.41, 5.74) is 5.18. The third-order valence-corrected chi connectivity index (χ3v) is 2.38. The number of likely N-dealkylation sites (N-methyl/N-ethyl adjacent to an activating group) is 1. The molecule has 0 aromatic carbocycles. The first kappa shape index (κ1) is 9.01. The highest BCUT2D eigenvalue weighted by molar-refractivity contribution is 5.80. The fraction of sp³-hybridized carbons (Fsp3) is 0.750. The number of carbonyl (C=O) groups excluding carboxylic acids is 1. The van der Waals surface area contributed by atoms with Crippen LogP contribution in [-0.4, -0.2) is 30.4 Å². The highest BCUT2D eigenvalue weighted by atomic mass is 16.1. The average Bonchev–Trinajstić information content (AvgIpc) is 2.05. The van der Waals surface area contributed by atoms with Crippen molar-refractivity contribution in [3.63, 3.8) is 0 Å². The molecule has 0 saturated carbocycles. The highest BCUT2D eigenvalue weighted by Gasteiger charge is 2.29. The first-order valence-electron chi connectivity index (χ1n) is 4.04. The molecule has 0 aromatic rings. The molecule has 0 aromatic heterocycles. The summed E-state index contributed by atoms with van der Waals surface area (Å²) in [5.74, 6) is -0.323. The molecule has 1 saturated heterocycles. The molecule has 1 fully saturated rings. The van der Waals surface area contributed by atoms with Gasteiger partial charge in [-0.25, -0.2) is 0 Å². The maximum atomic E-state index is 10.9. The van der Waals surface area contributed by atoms with Crippen LogP contribution in [0.1, 0.15) is 12.8 Å². The number of amides is 1. The van der Waals surface area contributed by atoms with E-state index in [0.717, 1.165) is 13.0 Å². The number of nitrogens with zero attached hydrogens (tertiary/aromatic N) is 2. The molecule has 1 aliphatic heterocycles. The van der Waals surface area contributed by atoms with Crippen molar-refractivity contribution in [2.75, 3.05) is 13.6 Å². The summed E-state index contributed by atoms with van der Waals surface area (Å²) in [5, 5.41) is 8.66. The Labute approximate surface area is 71.9 Å².